The fourth-order valence-electron chi connectivity index (χ4n) is 2.22. The maximum Gasteiger partial charge on any atom is 0.106 e. The average molecular weight is 254 g/mol. The Kier molecular flexibility index (Phi) is 5.14. The molecule has 0 saturated carbocycles. The minimum Gasteiger partial charge on any atom is -0.390 e. The SMILES string of the molecule is C=C1CC[C@@H](C(C)C)/C=C/[C@@](C)(O)[C@@H](O)C[C@@H]1O. The molecule has 1 rings (SSSR count). The van der Waals surface area contributed by atoms with Crippen LogP contribution in [0.2, 0.25) is 0 Å². The van der Waals surface area contributed by atoms with Gasteiger partial charge in [0.05, 0.1) is 12.2 Å². The molecule has 0 aromatic rings. The zero-order chi connectivity index (χ0) is 13.9. The van der Waals surface area contributed by atoms with E-state index < -0.39 is 17.8 Å². The van der Waals surface area contributed by atoms with Crippen LogP contribution < -0.4 is 0 Å². The van der Waals surface area contributed by atoms with Gasteiger partial charge in [-0.25, -0.2) is 0 Å². The summed E-state index contributed by atoms with van der Waals surface area (Å²) in [5, 5.41) is 30.1. The van der Waals surface area contributed by atoms with E-state index in [-0.39, 0.29) is 6.42 Å². The van der Waals surface area contributed by atoms with E-state index in [1.54, 1.807) is 13.0 Å². The molecular formula is C15H26O3. The fourth-order valence-corrected chi connectivity index (χ4v) is 2.22. The first-order chi connectivity index (χ1) is 8.24. The second-order valence-corrected chi connectivity index (χ2v) is 5.96. The number of aliphatic hydroxyl groups excluding tert-OH is 2. The molecule has 0 unspecified atom stereocenters. The molecule has 3 heteroatoms. The van der Waals surface area contributed by atoms with Crippen LogP contribution in [0.1, 0.15) is 40.0 Å². The van der Waals surface area contributed by atoms with Crippen molar-refractivity contribution in [2.24, 2.45) is 11.8 Å². The van der Waals surface area contributed by atoms with Gasteiger partial charge in [0.25, 0.3) is 0 Å². The lowest BCUT2D eigenvalue weighted by atomic mass is 9.83. The van der Waals surface area contributed by atoms with Crippen molar-refractivity contribution in [1.82, 2.24) is 0 Å². The quantitative estimate of drug-likeness (QED) is 0.627. The maximum atomic E-state index is 10.2. The molecule has 1 aliphatic rings. The van der Waals surface area contributed by atoms with Crippen LogP contribution in [0.25, 0.3) is 0 Å². The van der Waals surface area contributed by atoms with E-state index in [2.05, 4.69) is 20.4 Å². The summed E-state index contributed by atoms with van der Waals surface area (Å²) in [6, 6.07) is 0. The van der Waals surface area contributed by atoms with Gasteiger partial charge in [0.1, 0.15) is 5.60 Å². The molecule has 104 valence electrons. The number of rotatable bonds is 1. The minimum atomic E-state index is -1.30. The van der Waals surface area contributed by atoms with Crippen LogP contribution >= 0.6 is 0 Å². The molecule has 4 atom stereocenters. The summed E-state index contributed by atoms with van der Waals surface area (Å²) in [5.74, 6) is 0.782. The Bertz CT molecular complexity index is 318. The third-order valence-electron chi connectivity index (χ3n) is 3.93. The van der Waals surface area contributed by atoms with E-state index in [4.69, 9.17) is 0 Å². The first-order valence-corrected chi connectivity index (χ1v) is 6.69. The predicted molar refractivity (Wildman–Crippen MR) is 73.1 cm³/mol. The van der Waals surface area contributed by atoms with Crippen LogP contribution in [0.15, 0.2) is 24.3 Å². The summed E-state index contributed by atoms with van der Waals surface area (Å²) in [6.45, 7) is 9.71. The van der Waals surface area contributed by atoms with Crippen LogP contribution in [0, 0.1) is 11.8 Å². The van der Waals surface area contributed by atoms with Gasteiger partial charge in [-0.15, -0.1) is 0 Å². The number of hydrogen-bond acceptors (Lipinski definition) is 3. The molecule has 3 nitrogen and oxygen atoms in total. The van der Waals surface area contributed by atoms with Gasteiger partial charge in [0, 0.05) is 6.42 Å². The van der Waals surface area contributed by atoms with Crippen molar-refractivity contribution in [2.75, 3.05) is 0 Å². The predicted octanol–water partition coefficient (Wildman–Crippen LogP) is 2.03. The molecule has 0 saturated heterocycles. The van der Waals surface area contributed by atoms with Crippen molar-refractivity contribution >= 4 is 0 Å². The normalized spacial score (nSPS) is 40.8. The molecule has 0 amide bonds. The van der Waals surface area contributed by atoms with Crippen LogP contribution in [-0.2, 0) is 0 Å². The highest BCUT2D eigenvalue weighted by Crippen LogP contribution is 2.28. The molecule has 0 spiro atoms. The van der Waals surface area contributed by atoms with E-state index in [0.717, 1.165) is 18.4 Å². The smallest absolute Gasteiger partial charge is 0.106 e. The van der Waals surface area contributed by atoms with Crippen LogP contribution in [0.5, 0.6) is 0 Å². The van der Waals surface area contributed by atoms with E-state index in [1.165, 1.54) is 0 Å². The Morgan fingerprint density at radius 3 is 2.56 bits per heavy atom. The Balaban J connectivity index is 2.96. The second-order valence-electron chi connectivity index (χ2n) is 5.96. The number of aliphatic hydroxyl groups is 3. The second kappa shape index (κ2) is 6.00. The summed E-state index contributed by atoms with van der Waals surface area (Å²) in [7, 11) is 0. The van der Waals surface area contributed by atoms with Gasteiger partial charge in [-0.2, -0.15) is 0 Å². The average Bonchev–Trinajstić information content (AvgIpc) is 2.26. The van der Waals surface area contributed by atoms with Crippen LogP contribution in [0.3, 0.4) is 0 Å². The monoisotopic (exact) mass is 254 g/mol. The van der Waals surface area contributed by atoms with Gasteiger partial charge in [0.15, 0.2) is 0 Å². The van der Waals surface area contributed by atoms with Gasteiger partial charge >= 0.3 is 0 Å². The Labute approximate surface area is 110 Å². The summed E-state index contributed by atoms with van der Waals surface area (Å²) in [6.07, 6.45) is 3.72. The molecule has 0 aromatic carbocycles. The lowest BCUT2D eigenvalue weighted by molar-refractivity contribution is -0.0460. The lowest BCUT2D eigenvalue weighted by Gasteiger charge is -2.31. The molecular weight excluding hydrogens is 228 g/mol. The Hall–Kier alpha value is -0.640. The standard InChI is InChI=1S/C15H26O3/c1-10(2)12-6-5-11(3)13(16)9-14(17)15(4,18)8-7-12/h7-8,10,12-14,16-18H,3,5-6,9H2,1-2,4H3/b8-7+/t12-,13+,14+,15-/m1/s1. The third-order valence-corrected chi connectivity index (χ3v) is 3.93. The summed E-state index contributed by atoms with van der Waals surface area (Å²) < 4.78 is 0. The molecule has 3 N–H and O–H groups in total. The third kappa shape index (κ3) is 3.94. The van der Waals surface area contributed by atoms with Crippen molar-refractivity contribution in [3.05, 3.63) is 24.3 Å². The maximum absolute atomic E-state index is 10.2. The van der Waals surface area contributed by atoms with Gasteiger partial charge in [0.2, 0.25) is 0 Å². The van der Waals surface area contributed by atoms with Crippen LogP contribution in [0.4, 0.5) is 0 Å². The zero-order valence-corrected chi connectivity index (χ0v) is 11.6. The highest BCUT2D eigenvalue weighted by Gasteiger charge is 2.31. The summed E-state index contributed by atoms with van der Waals surface area (Å²) in [4.78, 5) is 0. The number of allylic oxidation sites excluding steroid dienone is 1. The van der Waals surface area contributed by atoms with Gasteiger partial charge in [-0.1, -0.05) is 32.6 Å². The van der Waals surface area contributed by atoms with Crippen molar-refractivity contribution in [3.8, 4) is 0 Å². The largest absolute Gasteiger partial charge is 0.390 e. The number of hydrogen-bond donors (Lipinski definition) is 3. The topological polar surface area (TPSA) is 60.7 Å². The highest BCUT2D eigenvalue weighted by atomic mass is 16.3. The molecule has 0 bridgehead atoms. The minimum absolute atomic E-state index is 0.127. The van der Waals surface area contributed by atoms with Gasteiger partial charge < -0.3 is 15.3 Å². The van der Waals surface area contributed by atoms with E-state index in [9.17, 15) is 15.3 Å². The van der Waals surface area contributed by atoms with Gasteiger partial charge in [-0.05, 0) is 37.2 Å². The Morgan fingerprint density at radius 2 is 2.00 bits per heavy atom. The summed E-state index contributed by atoms with van der Waals surface area (Å²) >= 11 is 0. The van der Waals surface area contributed by atoms with Crippen molar-refractivity contribution in [3.63, 3.8) is 0 Å². The molecule has 0 heterocycles. The Morgan fingerprint density at radius 1 is 1.39 bits per heavy atom. The molecule has 0 aromatic heterocycles. The first-order valence-electron chi connectivity index (χ1n) is 6.69. The van der Waals surface area contributed by atoms with Crippen molar-refractivity contribution in [2.45, 2.75) is 57.8 Å². The molecule has 1 aliphatic carbocycles. The molecule has 0 aliphatic heterocycles. The zero-order valence-electron chi connectivity index (χ0n) is 11.6. The first kappa shape index (κ1) is 15.4. The molecule has 0 fully saturated rings. The summed E-state index contributed by atoms with van der Waals surface area (Å²) in [5.41, 5.74) is -0.558. The fraction of sp³-hybridized carbons (Fsp3) is 0.733. The van der Waals surface area contributed by atoms with Gasteiger partial charge in [-0.3, -0.25) is 0 Å². The lowest BCUT2D eigenvalue weighted by Crippen LogP contribution is -2.40. The van der Waals surface area contributed by atoms with E-state index in [0.29, 0.717) is 11.8 Å². The molecule has 0 radical (unpaired) electrons. The van der Waals surface area contributed by atoms with Crippen molar-refractivity contribution in [1.29, 1.82) is 0 Å². The van der Waals surface area contributed by atoms with Crippen molar-refractivity contribution < 1.29 is 15.3 Å². The molecule has 18 heavy (non-hydrogen) atoms. The van der Waals surface area contributed by atoms with E-state index in [1.807, 2.05) is 6.08 Å². The van der Waals surface area contributed by atoms with Crippen LogP contribution in [-0.4, -0.2) is 33.1 Å². The highest BCUT2D eigenvalue weighted by molar-refractivity contribution is 5.11. The van der Waals surface area contributed by atoms with E-state index >= 15 is 0 Å².